The van der Waals surface area contributed by atoms with E-state index in [2.05, 4.69) is 135 Å². The quantitative estimate of drug-likeness (QED) is 0.0126. The fraction of sp³-hybridized carbons (Fsp3) is 0.267. The molecule has 16 rings (SSSR count). The summed E-state index contributed by atoms with van der Waals surface area (Å²) in [6.07, 6.45) is 16.2. The van der Waals surface area contributed by atoms with Crippen LogP contribution in [0.15, 0.2) is 183 Å². The van der Waals surface area contributed by atoms with E-state index in [0.717, 1.165) is 132 Å². The van der Waals surface area contributed by atoms with Gasteiger partial charge in [-0.15, -0.1) is 0 Å². The molecule has 0 aliphatic carbocycles. The van der Waals surface area contributed by atoms with Crippen LogP contribution in [0.2, 0.25) is 0 Å². The molecule has 30 heteroatoms. The summed E-state index contributed by atoms with van der Waals surface area (Å²) in [6, 6.07) is 45.7. The molecule has 0 spiro atoms. The third-order valence-electron chi connectivity index (χ3n) is 22.1. The van der Waals surface area contributed by atoms with Crippen LogP contribution in [0.4, 0.5) is 53.5 Å². The topological polar surface area (TPSA) is 398 Å². The SMILES string of the molecule is CCc1c(CNc2nc(NCCc3c[nH]c4ccccc34)nc(N[C@@H](Cc3c[nH]c4ccccc34)C(=O)OC)n2)c(CC)c(CNc2nc(NCCc3c[nH]c4ccccc34)nc(N[C@@H](Cc3c[nH]c4ccccc34)C(=O)OC)n2)c(CC)c1CNc1nc(NCCc2c[nH]c3ccccc23)nc(N[C@@H](Cc2c[nH]c3ccccc23)C(=O)OC)n1. The number of para-hydroxylation sites is 6. The number of hydrogen-bond donors (Lipinski definition) is 15. The molecule has 30 nitrogen and oxygen atoms in total. The first kappa shape index (κ1) is 79.3. The molecule has 0 aliphatic rings. The van der Waals surface area contributed by atoms with Crippen molar-refractivity contribution in [1.29, 1.82) is 0 Å². The second-order valence-corrected chi connectivity index (χ2v) is 29.4. The Bertz CT molecular complexity index is 5700. The van der Waals surface area contributed by atoms with Crippen molar-refractivity contribution in [1.82, 2.24) is 74.8 Å². The van der Waals surface area contributed by atoms with E-state index in [1.54, 1.807) is 0 Å². The second kappa shape index (κ2) is 36.7. The number of fused-ring (bicyclic) bond motifs is 6. The molecule has 0 amide bonds. The third kappa shape index (κ3) is 17.9. The van der Waals surface area contributed by atoms with Crippen LogP contribution >= 0.6 is 0 Å². The van der Waals surface area contributed by atoms with Gasteiger partial charge in [0.1, 0.15) is 18.1 Å². The van der Waals surface area contributed by atoms with Gasteiger partial charge >= 0.3 is 17.9 Å². The molecule has 0 fully saturated rings. The summed E-state index contributed by atoms with van der Waals surface area (Å²) in [7, 11) is 4.11. The number of H-pyrrole nitrogens is 6. The highest BCUT2D eigenvalue weighted by Gasteiger charge is 2.29. The Kier molecular flexibility index (Phi) is 24.3. The fourth-order valence-electron chi connectivity index (χ4n) is 16.3. The lowest BCUT2D eigenvalue weighted by atomic mass is 9.83. The fourth-order valence-corrected chi connectivity index (χ4v) is 16.3. The van der Waals surface area contributed by atoms with Crippen LogP contribution in [-0.2, 0) is 106 Å². The van der Waals surface area contributed by atoms with Gasteiger partial charge < -0.3 is 92.0 Å². The molecular weight excluding hydrogens is 1510 g/mol. The van der Waals surface area contributed by atoms with Gasteiger partial charge in [0.25, 0.3) is 0 Å². The minimum absolute atomic E-state index is 0.141. The van der Waals surface area contributed by atoms with Gasteiger partial charge in [-0.25, -0.2) is 14.4 Å². The van der Waals surface area contributed by atoms with Crippen LogP contribution in [0, 0.1) is 0 Å². The summed E-state index contributed by atoms with van der Waals surface area (Å²) in [4.78, 5) is 107. The van der Waals surface area contributed by atoms with E-state index in [1.807, 2.05) is 146 Å². The minimum Gasteiger partial charge on any atom is -0.467 e. The zero-order valence-corrected chi connectivity index (χ0v) is 67.6. The van der Waals surface area contributed by atoms with Crippen LogP contribution in [0.1, 0.15) is 87.5 Å². The molecule has 16 aromatic rings. The Balaban J connectivity index is 0.772. The molecule has 612 valence electrons. The highest BCUT2D eigenvalue weighted by Crippen LogP contribution is 2.35. The van der Waals surface area contributed by atoms with E-state index in [0.29, 0.717) is 58.2 Å². The standard InChI is InChI=1S/C90H96N24O6/c1-7-58-67(49-100-85-106-82(91-37-34-52-43-94-70-28-16-10-22-61(52)70)109-88(112-85)103-76(79(115)118-4)40-55-46-97-73-31-19-13-25-64(55)73)59(8-2)69(51-102-87-108-84(93-39-36-54-45-96-72-30-18-12-24-63(54)72)111-90(114-87)105-78(81(117)120-6)42-57-48-99-75-33-21-15-27-66(57)75)60(9-3)68(58)50-101-86-107-83(92-38-35-53-44-95-71-29-17-11-23-62(53)71)110-89(113-86)104-77(80(116)119-5)41-56-47-98-74-32-20-14-26-65(56)74/h10-33,43-48,76-78,94-99H,7-9,34-42,49-51H2,1-6H3,(H3,91,100,103,106,109,112)(H3,92,101,104,107,110,113)(H3,93,102,105,108,111,114)/t76-,77-,78-/m0/s1. The van der Waals surface area contributed by atoms with Crippen LogP contribution in [0.25, 0.3) is 65.4 Å². The summed E-state index contributed by atoms with van der Waals surface area (Å²) in [5, 5.41) is 37.9. The Morgan fingerprint density at radius 2 is 0.492 bits per heavy atom. The molecule has 3 atom stereocenters. The average Bonchev–Trinajstić information content (AvgIpc) is 0.987. The number of ether oxygens (including phenoxy) is 3. The van der Waals surface area contributed by atoms with Gasteiger partial charge in [-0.1, -0.05) is 130 Å². The third-order valence-corrected chi connectivity index (χ3v) is 22.1. The highest BCUT2D eigenvalue weighted by molar-refractivity contribution is 5.90. The first-order valence-corrected chi connectivity index (χ1v) is 40.6. The number of rotatable bonds is 39. The zero-order chi connectivity index (χ0) is 82.4. The van der Waals surface area contributed by atoms with Gasteiger partial charge in [0.05, 0.1) is 21.3 Å². The van der Waals surface area contributed by atoms with Crippen molar-refractivity contribution in [2.45, 2.75) is 116 Å². The summed E-state index contributed by atoms with van der Waals surface area (Å²) in [6.45, 7) is 8.48. The van der Waals surface area contributed by atoms with E-state index < -0.39 is 36.0 Å². The van der Waals surface area contributed by atoms with E-state index in [4.69, 9.17) is 59.1 Å². The Hall–Kier alpha value is -14.6. The Morgan fingerprint density at radius 3 is 0.725 bits per heavy atom. The van der Waals surface area contributed by atoms with Crippen molar-refractivity contribution in [2.75, 3.05) is 88.8 Å². The maximum absolute atomic E-state index is 14.0. The minimum atomic E-state index is -0.908. The maximum Gasteiger partial charge on any atom is 0.328 e. The van der Waals surface area contributed by atoms with Crippen LogP contribution < -0.4 is 47.9 Å². The largest absolute Gasteiger partial charge is 0.467 e. The van der Waals surface area contributed by atoms with Gasteiger partial charge in [-0.2, -0.15) is 44.9 Å². The molecule has 0 aliphatic heterocycles. The van der Waals surface area contributed by atoms with Gasteiger partial charge in [-0.3, -0.25) is 0 Å². The molecule has 7 aromatic carbocycles. The maximum atomic E-state index is 14.0. The number of aromatic amines is 6. The molecule has 9 aromatic heterocycles. The van der Waals surface area contributed by atoms with Crippen LogP contribution in [-0.4, -0.2) is 152 Å². The number of carbonyl (C=O) groups is 3. The average molecular weight is 1610 g/mol. The second-order valence-electron chi connectivity index (χ2n) is 29.4. The van der Waals surface area contributed by atoms with E-state index >= 15 is 0 Å². The number of esters is 3. The number of methoxy groups -OCH3 is 3. The Labute approximate surface area is 691 Å². The van der Waals surface area contributed by atoms with E-state index in [-0.39, 0.29) is 92.4 Å². The molecule has 9 heterocycles. The normalized spacial score (nSPS) is 12.2. The van der Waals surface area contributed by atoms with Crippen molar-refractivity contribution >= 4 is 137 Å². The lowest BCUT2D eigenvalue weighted by Crippen LogP contribution is -2.34. The summed E-state index contributed by atoms with van der Waals surface area (Å²) < 4.78 is 16.4. The first-order chi connectivity index (χ1) is 58.9. The molecule has 0 radical (unpaired) electrons. The molecule has 0 unspecified atom stereocenters. The predicted octanol–water partition coefficient (Wildman–Crippen LogP) is 14.2. The lowest BCUT2D eigenvalue weighted by Gasteiger charge is -2.27. The lowest BCUT2D eigenvalue weighted by molar-refractivity contribution is -0.142. The number of benzene rings is 7. The molecule has 0 saturated heterocycles. The molecule has 15 N–H and O–H groups in total. The van der Waals surface area contributed by atoms with E-state index in [9.17, 15) is 14.4 Å². The van der Waals surface area contributed by atoms with Gasteiger partial charge in [0, 0.05) is 161 Å². The molecule has 0 bridgehead atoms. The summed E-state index contributed by atoms with van der Waals surface area (Å²) in [5.74, 6) is 0.438. The van der Waals surface area contributed by atoms with E-state index in [1.165, 1.54) is 21.3 Å². The Morgan fingerprint density at radius 1 is 0.283 bits per heavy atom. The molecule has 0 saturated carbocycles. The van der Waals surface area contributed by atoms with Gasteiger partial charge in [-0.05, 0) is 142 Å². The summed E-state index contributed by atoms with van der Waals surface area (Å²) >= 11 is 0. The number of hydrogen-bond acceptors (Lipinski definition) is 24. The van der Waals surface area contributed by atoms with Crippen LogP contribution in [0.3, 0.4) is 0 Å². The smallest absolute Gasteiger partial charge is 0.328 e. The van der Waals surface area contributed by atoms with Crippen molar-refractivity contribution in [3.63, 3.8) is 0 Å². The van der Waals surface area contributed by atoms with Crippen molar-refractivity contribution in [3.05, 3.63) is 250 Å². The zero-order valence-electron chi connectivity index (χ0n) is 67.6. The number of anilines is 9. The predicted molar refractivity (Wildman–Crippen MR) is 472 cm³/mol. The number of nitrogens with zero attached hydrogens (tertiary/aromatic N) is 9. The highest BCUT2D eigenvalue weighted by atomic mass is 16.5. The molecular formula is C90H96N24O6. The van der Waals surface area contributed by atoms with Crippen molar-refractivity contribution in [2.24, 2.45) is 0 Å². The van der Waals surface area contributed by atoms with Crippen molar-refractivity contribution < 1.29 is 28.6 Å². The first-order valence-electron chi connectivity index (χ1n) is 40.6. The van der Waals surface area contributed by atoms with Gasteiger partial charge in [0.15, 0.2) is 0 Å². The number of carbonyl (C=O) groups excluding carboxylic acids is 3. The number of nitrogens with one attached hydrogen (secondary N) is 15. The monoisotopic (exact) mass is 1610 g/mol. The molecule has 120 heavy (non-hydrogen) atoms. The van der Waals surface area contributed by atoms with Crippen molar-refractivity contribution in [3.8, 4) is 0 Å². The van der Waals surface area contributed by atoms with Gasteiger partial charge in [0.2, 0.25) is 53.5 Å². The summed E-state index contributed by atoms with van der Waals surface area (Å²) in [5.41, 5.74) is 18.1. The van der Waals surface area contributed by atoms with Crippen LogP contribution in [0.5, 0.6) is 0 Å². The number of aromatic nitrogens is 15.